The first-order chi connectivity index (χ1) is 14.4. The summed E-state index contributed by atoms with van der Waals surface area (Å²) in [6.07, 6.45) is -0.782. The summed E-state index contributed by atoms with van der Waals surface area (Å²) >= 11 is 0. The SMILES string of the molecule is CC(=O)c1cccc(OC(C)C(=O)NCC(=O)N2CCN(c3ccccc3)CC2)c1. The molecule has 1 saturated heterocycles. The summed E-state index contributed by atoms with van der Waals surface area (Å²) < 4.78 is 5.61. The van der Waals surface area contributed by atoms with Crippen molar-refractivity contribution in [2.24, 2.45) is 0 Å². The molecule has 0 aromatic heterocycles. The van der Waals surface area contributed by atoms with Crippen molar-refractivity contribution in [3.05, 3.63) is 60.2 Å². The van der Waals surface area contributed by atoms with Gasteiger partial charge in [0.25, 0.3) is 5.91 Å². The molecule has 3 rings (SSSR count). The highest BCUT2D eigenvalue weighted by Crippen LogP contribution is 2.16. The van der Waals surface area contributed by atoms with E-state index in [9.17, 15) is 14.4 Å². The largest absolute Gasteiger partial charge is 0.481 e. The highest BCUT2D eigenvalue weighted by Gasteiger charge is 2.22. The van der Waals surface area contributed by atoms with E-state index in [-0.39, 0.29) is 24.1 Å². The molecule has 1 heterocycles. The Bertz CT molecular complexity index is 892. The van der Waals surface area contributed by atoms with Crippen LogP contribution in [0.3, 0.4) is 0 Å². The summed E-state index contributed by atoms with van der Waals surface area (Å²) in [6.45, 7) is 5.77. The quantitative estimate of drug-likeness (QED) is 0.709. The summed E-state index contributed by atoms with van der Waals surface area (Å²) in [7, 11) is 0. The Morgan fingerprint density at radius 2 is 1.70 bits per heavy atom. The number of amides is 2. The van der Waals surface area contributed by atoms with Crippen LogP contribution in [0.25, 0.3) is 0 Å². The van der Waals surface area contributed by atoms with E-state index in [2.05, 4.69) is 22.3 Å². The third-order valence-electron chi connectivity index (χ3n) is 5.09. The van der Waals surface area contributed by atoms with Crippen molar-refractivity contribution in [3.8, 4) is 5.75 Å². The zero-order valence-electron chi connectivity index (χ0n) is 17.3. The van der Waals surface area contributed by atoms with Crippen LogP contribution in [0.2, 0.25) is 0 Å². The van der Waals surface area contributed by atoms with Gasteiger partial charge in [-0.1, -0.05) is 30.3 Å². The Morgan fingerprint density at radius 1 is 1.00 bits per heavy atom. The van der Waals surface area contributed by atoms with Crippen molar-refractivity contribution in [1.82, 2.24) is 10.2 Å². The van der Waals surface area contributed by atoms with Gasteiger partial charge >= 0.3 is 0 Å². The van der Waals surface area contributed by atoms with Gasteiger partial charge in [0.2, 0.25) is 5.91 Å². The average molecular weight is 409 g/mol. The first kappa shape index (κ1) is 21.4. The fourth-order valence-electron chi connectivity index (χ4n) is 3.32. The van der Waals surface area contributed by atoms with Crippen LogP contribution in [0.5, 0.6) is 5.75 Å². The smallest absolute Gasteiger partial charge is 0.261 e. The second-order valence-corrected chi connectivity index (χ2v) is 7.27. The third-order valence-corrected chi connectivity index (χ3v) is 5.09. The Kier molecular flexibility index (Phi) is 7.06. The third kappa shape index (κ3) is 5.59. The fourth-order valence-corrected chi connectivity index (χ4v) is 3.32. The molecule has 2 aromatic rings. The average Bonchev–Trinajstić information content (AvgIpc) is 2.78. The van der Waals surface area contributed by atoms with Crippen LogP contribution in [-0.4, -0.2) is 61.3 Å². The van der Waals surface area contributed by atoms with E-state index in [1.54, 1.807) is 36.1 Å². The lowest BCUT2D eigenvalue weighted by molar-refractivity contribution is -0.134. The number of rotatable bonds is 7. The second kappa shape index (κ2) is 9.91. The van der Waals surface area contributed by atoms with Gasteiger partial charge < -0.3 is 19.9 Å². The number of ether oxygens (including phenoxy) is 1. The van der Waals surface area contributed by atoms with Gasteiger partial charge in [0.05, 0.1) is 6.54 Å². The molecule has 2 aromatic carbocycles. The van der Waals surface area contributed by atoms with Crippen molar-refractivity contribution in [3.63, 3.8) is 0 Å². The number of para-hydroxylation sites is 1. The first-order valence-electron chi connectivity index (χ1n) is 10.1. The second-order valence-electron chi connectivity index (χ2n) is 7.27. The zero-order valence-corrected chi connectivity index (χ0v) is 17.3. The first-order valence-corrected chi connectivity index (χ1v) is 10.1. The van der Waals surface area contributed by atoms with Crippen LogP contribution in [0, 0.1) is 0 Å². The van der Waals surface area contributed by atoms with E-state index in [1.165, 1.54) is 6.92 Å². The van der Waals surface area contributed by atoms with E-state index in [0.29, 0.717) is 24.4 Å². The summed E-state index contributed by atoms with van der Waals surface area (Å²) in [5, 5.41) is 2.64. The Balaban J connectivity index is 1.43. The molecule has 158 valence electrons. The Labute approximate surface area is 176 Å². The molecule has 0 bridgehead atoms. The van der Waals surface area contributed by atoms with Crippen LogP contribution in [0.4, 0.5) is 5.69 Å². The van der Waals surface area contributed by atoms with E-state index >= 15 is 0 Å². The van der Waals surface area contributed by atoms with Crippen LogP contribution in [-0.2, 0) is 9.59 Å². The van der Waals surface area contributed by atoms with Crippen LogP contribution in [0.1, 0.15) is 24.2 Å². The molecule has 1 aliphatic rings. The van der Waals surface area contributed by atoms with Gasteiger partial charge in [-0.15, -0.1) is 0 Å². The van der Waals surface area contributed by atoms with Gasteiger partial charge in [-0.25, -0.2) is 0 Å². The molecule has 1 aliphatic heterocycles. The summed E-state index contributed by atoms with van der Waals surface area (Å²) in [4.78, 5) is 40.2. The molecule has 1 N–H and O–H groups in total. The highest BCUT2D eigenvalue weighted by molar-refractivity contribution is 5.94. The molecule has 1 fully saturated rings. The molecule has 0 saturated carbocycles. The van der Waals surface area contributed by atoms with Gasteiger partial charge in [0.15, 0.2) is 11.9 Å². The fraction of sp³-hybridized carbons (Fsp3) is 0.348. The number of carbonyl (C=O) groups is 3. The molecule has 0 spiro atoms. The standard InChI is InChI=1S/C23H27N3O4/c1-17(27)19-7-6-10-21(15-19)30-18(2)23(29)24-16-22(28)26-13-11-25(12-14-26)20-8-4-3-5-9-20/h3-10,15,18H,11-14,16H2,1-2H3,(H,24,29). The Hall–Kier alpha value is -3.35. The maximum atomic E-state index is 12.5. The molecule has 7 nitrogen and oxygen atoms in total. The minimum absolute atomic E-state index is 0.0641. The highest BCUT2D eigenvalue weighted by atomic mass is 16.5. The van der Waals surface area contributed by atoms with Crippen molar-refractivity contribution in [1.29, 1.82) is 0 Å². The van der Waals surface area contributed by atoms with Crippen molar-refractivity contribution in [2.75, 3.05) is 37.6 Å². The lowest BCUT2D eigenvalue weighted by Gasteiger charge is -2.36. The number of ketones is 1. The van der Waals surface area contributed by atoms with Crippen LogP contribution >= 0.6 is 0 Å². The number of Topliss-reactive ketones (excluding diaryl/α,β-unsaturated/α-hetero) is 1. The number of nitrogens with zero attached hydrogens (tertiary/aromatic N) is 2. The number of anilines is 1. The number of hydrogen-bond donors (Lipinski definition) is 1. The molecular formula is C23H27N3O4. The van der Waals surface area contributed by atoms with Crippen molar-refractivity contribution in [2.45, 2.75) is 20.0 Å². The molecular weight excluding hydrogens is 382 g/mol. The number of carbonyl (C=O) groups excluding carboxylic acids is 3. The summed E-state index contributed by atoms with van der Waals surface area (Å²) in [6, 6.07) is 16.8. The van der Waals surface area contributed by atoms with E-state index in [0.717, 1.165) is 18.8 Å². The number of nitrogens with one attached hydrogen (secondary N) is 1. The van der Waals surface area contributed by atoms with Gasteiger partial charge in [0, 0.05) is 37.4 Å². The van der Waals surface area contributed by atoms with Gasteiger partial charge in [-0.3, -0.25) is 14.4 Å². The van der Waals surface area contributed by atoms with Crippen LogP contribution in [0.15, 0.2) is 54.6 Å². The van der Waals surface area contributed by atoms with Gasteiger partial charge in [-0.05, 0) is 38.1 Å². The van der Waals surface area contributed by atoms with E-state index in [4.69, 9.17) is 4.74 Å². The number of hydrogen-bond acceptors (Lipinski definition) is 5. The maximum absolute atomic E-state index is 12.5. The van der Waals surface area contributed by atoms with Crippen molar-refractivity contribution < 1.29 is 19.1 Å². The molecule has 0 radical (unpaired) electrons. The molecule has 0 aliphatic carbocycles. The topological polar surface area (TPSA) is 78.9 Å². The normalized spacial score (nSPS) is 14.7. The molecule has 30 heavy (non-hydrogen) atoms. The lowest BCUT2D eigenvalue weighted by atomic mass is 10.1. The van der Waals surface area contributed by atoms with Crippen molar-refractivity contribution >= 4 is 23.3 Å². The maximum Gasteiger partial charge on any atom is 0.261 e. The number of piperazine rings is 1. The Morgan fingerprint density at radius 3 is 2.37 bits per heavy atom. The van der Waals surface area contributed by atoms with Crippen LogP contribution < -0.4 is 15.0 Å². The summed E-state index contributed by atoms with van der Waals surface area (Å²) in [5.74, 6) is -0.120. The van der Waals surface area contributed by atoms with E-state index in [1.807, 2.05) is 18.2 Å². The minimum atomic E-state index is -0.782. The monoisotopic (exact) mass is 409 g/mol. The predicted molar refractivity (Wildman–Crippen MR) is 115 cm³/mol. The van der Waals surface area contributed by atoms with Gasteiger partial charge in [-0.2, -0.15) is 0 Å². The predicted octanol–water partition coefficient (Wildman–Crippen LogP) is 2.12. The molecule has 7 heteroatoms. The van der Waals surface area contributed by atoms with E-state index < -0.39 is 6.10 Å². The minimum Gasteiger partial charge on any atom is -0.481 e. The lowest BCUT2D eigenvalue weighted by Crippen LogP contribution is -2.52. The molecule has 1 atom stereocenters. The zero-order chi connectivity index (χ0) is 21.5. The molecule has 2 amide bonds. The van der Waals surface area contributed by atoms with Gasteiger partial charge in [0.1, 0.15) is 5.75 Å². The summed E-state index contributed by atoms with van der Waals surface area (Å²) in [5.41, 5.74) is 1.67. The molecule has 1 unspecified atom stereocenters. The number of benzene rings is 2.